The molecule has 0 saturated carbocycles. The average molecular weight is 378 g/mol. The lowest BCUT2D eigenvalue weighted by atomic mass is 9.80. The topological polar surface area (TPSA) is 26.3 Å². The minimum atomic E-state index is -0.894. The van der Waals surface area contributed by atoms with Crippen LogP contribution in [0.2, 0.25) is 0 Å². The Morgan fingerprint density at radius 1 is 0.586 bits per heavy atom. The molecule has 0 spiro atoms. The number of carbonyl (C=O) groups is 1. The van der Waals surface area contributed by atoms with Crippen LogP contribution in [-0.4, -0.2) is 5.78 Å². The molecule has 2 heteroatoms. The maximum absolute atomic E-state index is 12.3. The summed E-state index contributed by atoms with van der Waals surface area (Å²) in [5.41, 5.74) is 2.66. The van der Waals surface area contributed by atoms with Crippen molar-refractivity contribution < 1.29 is 9.53 Å². The zero-order valence-corrected chi connectivity index (χ0v) is 16.3. The van der Waals surface area contributed by atoms with E-state index in [2.05, 4.69) is 36.4 Å². The van der Waals surface area contributed by atoms with E-state index in [1.165, 1.54) is 0 Å². The standard InChI is InChI=1S/C27H22O2/c1-21(28)25-19-11-12-20-26(25)29-27(22-13-5-2-6-14-22,23-15-7-3-8-16-23)24-17-9-4-10-18-24/h2-20H,1H3. The van der Waals surface area contributed by atoms with E-state index in [4.69, 9.17) is 4.74 Å². The van der Waals surface area contributed by atoms with Gasteiger partial charge in [0.15, 0.2) is 11.4 Å². The number of benzene rings is 4. The third-order valence-electron chi connectivity index (χ3n) is 5.07. The fourth-order valence-corrected chi connectivity index (χ4v) is 3.71. The Kier molecular flexibility index (Phi) is 5.26. The number of carbonyl (C=O) groups excluding carboxylic acids is 1. The van der Waals surface area contributed by atoms with Crippen molar-refractivity contribution in [1.82, 2.24) is 0 Å². The molecule has 4 rings (SSSR count). The number of hydrogen-bond donors (Lipinski definition) is 0. The van der Waals surface area contributed by atoms with Crippen LogP contribution in [0, 0.1) is 0 Å². The van der Waals surface area contributed by atoms with Gasteiger partial charge < -0.3 is 4.74 Å². The van der Waals surface area contributed by atoms with E-state index in [1.54, 1.807) is 6.92 Å². The highest BCUT2D eigenvalue weighted by Gasteiger charge is 2.39. The number of hydrogen-bond acceptors (Lipinski definition) is 2. The SMILES string of the molecule is CC(=O)c1ccccc1OC(c1ccccc1)(c1ccccc1)c1ccccc1. The van der Waals surface area contributed by atoms with Crippen LogP contribution in [-0.2, 0) is 5.60 Å². The van der Waals surface area contributed by atoms with Gasteiger partial charge in [0.1, 0.15) is 5.75 Å². The molecule has 0 radical (unpaired) electrons. The molecule has 142 valence electrons. The van der Waals surface area contributed by atoms with Gasteiger partial charge in [0.2, 0.25) is 0 Å². The summed E-state index contributed by atoms with van der Waals surface area (Å²) in [5.74, 6) is 0.542. The van der Waals surface area contributed by atoms with E-state index in [9.17, 15) is 4.79 Å². The van der Waals surface area contributed by atoms with Gasteiger partial charge in [-0.3, -0.25) is 4.79 Å². The third-order valence-corrected chi connectivity index (χ3v) is 5.07. The first-order valence-electron chi connectivity index (χ1n) is 9.67. The van der Waals surface area contributed by atoms with E-state index >= 15 is 0 Å². The second kappa shape index (κ2) is 8.15. The lowest BCUT2D eigenvalue weighted by Gasteiger charge is -2.36. The second-order valence-corrected chi connectivity index (χ2v) is 6.93. The van der Waals surface area contributed by atoms with Crippen molar-refractivity contribution in [2.45, 2.75) is 12.5 Å². The molecule has 4 aromatic rings. The van der Waals surface area contributed by atoms with Gasteiger partial charge in [0.25, 0.3) is 0 Å². The summed E-state index contributed by atoms with van der Waals surface area (Å²) in [6.45, 7) is 1.57. The lowest BCUT2D eigenvalue weighted by molar-refractivity contribution is 0.0998. The molecule has 2 nitrogen and oxygen atoms in total. The minimum Gasteiger partial charge on any atom is -0.472 e. The predicted octanol–water partition coefficient (Wildman–Crippen LogP) is 6.26. The molecular formula is C27H22O2. The smallest absolute Gasteiger partial charge is 0.184 e. The molecule has 0 unspecified atom stereocenters. The Morgan fingerprint density at radius 2 is 0.966 bits per heavy atom. The van der Waals surface area contributed by atoms with Gasteiger partial charge in [0.05, 0.1) is 5.56 Å². The van der Waals surface area contributed by atoms with Crippen LogP contribution >= 0.6 is 0 Å². The maximum atomic E-state index is 12.3. The number of Topliss-reactive ketones (excluding diaryl/α,β-unsaturated/α-hetero) is 1. The highest BCUT2D eigenvalue weighted by atomic mass is 16.5. The molecule has 0 aliphatic carbocycles. The fourth-order valence-electron chi connectivity index (χ4n) is 3.71. The van der Waals surface area contributed by atoms with Gasteiger partial charge in [0, 0.05) is 16.7 Å². The van der Waals surface area contributed by atoms with E-state index in [1.807, 2.05) is 78.9 Å². The van der Waals surface area contributed by atoms with Crippen molar-refractivity contribution >= 4 is 5.78 Å². The van der Waals surface area contributed by atoms with Crippen LogP contribution in [0.15, 0.2) is 115 Å². The van der Waals surface area contributed by atoms with E-state index in [0.717, 1.165) is 16.7 Å². The van der Waals surface area contributed by atoms with Crippen LogP contribution in [0.3, 0.4) is 0 Å². The van der Waals surface area contributed by atoms with Crippen molar-refractivity contribution in [3.8, 4) is 5.75 Å². The summed E-state index contributed by atoms with van der Waals surface area (Å²) in [6, 6.07) is 37.9. The Balaban J connectivity index is 2.03. The molecule has 0 saturated heterocycles. The molecule has 0 aromatic heterocycles. The number of para-hydroxylation sites is 1. The van der Waals surface area contributed by atoms with Gasteiger partial charge in [-0.15, -0.1) is 0 Å². The summed E-state index contributed by atoms with van der Waals surface area (Å²) < 4.78 is 6.83. The normalized spacial score (nSPS) is 11.1. The summed E-state index contributed by atoms with van der Waals surface area (Å²) in [4.78, 5) is 12.3. The van der Waals surface area contributed by atoms with Crippen LogP contribution in [0.4, 0.5) is 0 Å². The van der Waals surface area contributed by atoms with Crippen LogP contribution in [0.1, 0.15) is 34.0 Å². The van der Waals surface area contributed by atoms with E-state index in [-0.39, 0.29) is 5.78 Å². The Morgan fingerprint density at radius 3 is 1.38 bits per heavy atom. The molecule has 29 heavy (non-hydrogen) atoms. The van der Waals surface area contributed by atoms with Crippen LogP contribution in [0.25, 0.3) is 0 Å². The minimum absolute atomic E-state index is 0.0244. The van der Waals surface area contributed by atoms with Crippen molar-refractivity contribution in [2.75, 3.05) is 0 Å². The zero-order chi connectivity index (χ0) is 20.1. The molecule has 0 aliphatic heterocycles. The quantitative estimate of drug-likeness (QED) is 0.292. The molecule has 0 aliphatic rings. The Hall–Kier alpha value is -3.65. The third kappa shape index (κ3) is 3.57. The van der Waals surface area contributed by atoms with Gasteiger partial charge in [-0.1, -0.05) is 103 Å². The van der Waals surface area contributed by atoms with Crippen LogP contribution < -0.4 is 4.74 Å². The first-order chi connectivity index (χ1) is 14.2. The van der Waals surface area contributed by atoms with Gasteiger partial charge >= 0.3 is 0 Å². The monoisotopic (exact) mass is 378 g/mol. The predicted molar refractivity (Wildman–Crippen MR) is 116 cm³/mol. The summed E-state index contributed by atoms with van der Waals surface area (Å²) in [5, 5.41) is 0. The maximum Gasteiger partial charge on any atom is 0.184 e. The molecule has 4 aromatic carbocycles. The number of rotatable bonds is 6. The van der Waals surface area contributed by atoms with Crippen molar-refractivity contribution in [3.63, 3.8) is 0 Å². The van der Waals surface area contributed by atoms with Gasteiger partial charge in [-0.25, -0.2) is 0 Å². The second-order valence-electron chi connectivity index (χ2n) is 6.93. The average Bonchev–Trinajstić information content (AvgIpc) is 2.79. The van der Waals surface area contributed by atoms with Crippen molar-refractivity contribution in [2.24, 2.45) is 0 Å². The highest BCUT2D eigenvalue weighted by Crippen LogP contribution is 2.41. The van der Waals surface area contributed by atoms with E-state index < -0.39 is 5.60 Å². The summed E-state index contributed by atoms with van der Waals surface area (Å²) >= 11 is 0. The first-order valence-corrected chi connectivity index (χ1v) is 9.67. The molecular weight excluding hydrogens is 356 g/mol. The number of ether oxygens (including phenoxy) is 1. The zero-order valence-electron chi connectivity index (χ0n) is 16.3. The molecule has 0 fully saturated rings. The summed E-state index contributed by atoms with van der Waals surface area (Å²) in [7, 11) is 0. The number of ketones is 1. The largest absolute Gasteiger partial charge is 0.472 e. The van der Waals surface area contributed by atoms with Crippen molar-refractivity contribution in [3.05, 3.63) is 138 Å². The Bertz CT molecular complexity index is 990. The fraction of sp³-hybridized carbons (Fsp3) is 0.0741. The molecule has 0 amide bonds. The molecule has 0 heterocycles. The lowest BCUT2D eigenvalue weighted by Crippen LogP contribution is -2.36. The van der Waals surface area contributed by atoms with Crippen LogP contribution in [0.5, 0.6) is 5.75 Å². The molecule has 0 N–H and O–H groups in total. The van der Waals surface area contributed by atoms with Crippen molar-refractivity contribution in [1.29, 1.82) is 0 Å². The molecule has 0 bridgehead atoms. The van der Waals surface area contributed by atoms with Gasteiger partial charge in [-0.2, -0.15) is 0 Å². The highest BCUT2D eigenvalue weighted by molar-refractivity contribution is 5.96. The van der Waals surface area contributed by atoms with Gasteiger partial charge in [-0.05, 0) is 19.1 Å². The Labute approximate surface area is 171 Å². The summed E-state index contributed by atoms with van der Waals surface area (Å²) in [6.07, 6.45) is 0. The molecule has 0 atom stereocenters. The first kappa shape index (κ1) is 18.7. The van der Waals surface area contributed by atoms with E-state index in [0.29, 0.717) is 11.3 Å².